The zero-order valence-corrected chi connectivity index (χ0v) is 17.0. The molecular weight excluding hydrogens is 355 g/mol. The van der Waals surface area contributed by atoms with Crippen LogP contribution in [0.2, 0.25) is 0 Å². The molecule has 0 aliphatic carbocycles. The monoisotopic (exact) mass is 386 g/mol. The summed E-state index contributed by atoms with van der Waals surface area (Å²) in [6.07, 6.45) is 6.62. The van der Waals surface area contributed by atoms with Crippen LogP contribution in [0.15, 0.2) is 42.6 Å². The van der Waals surface area contributed by atoms with Crippen molar-refractivity contribution in [3.8, 4) is 12.3 Å². The Hall–Kier alpha value is -2.13. The Labute approximate surface area is 167 Å². The first-order valence-corrected chi connectivity index (χ1v) is 9.72. The second-order valence-electron chi connectivity index (χ2n) is 7.54. The van der Waals surface area contributed by atoms with Gasteiger partial charge in [-0.25, -0.2) is 4.39 Å². The van der Waals surface area contributed by atoms with Gasteiger partial charge in [0, 0.05) is 37.6 Å². The predicted molar refractivity (Wildman–Crippen MR) is 110 cm³/mol. The summed E-state index contributed by atoms with van der Waals surface area (Å²) < 4.78 is 20.6. The lowest BCUT2D eigenvalue weighted by atomic mass is 10.0. The molecule has 2 rings (SSSR count). The van der Waals surface area contributed by atoms with E-state index in [2.05, 4.69) is 42.2 Å². The van der Waals surface area contributed by atoms with Gasteiger partial charge in [-0.1, -0.05) is 31.9 Å². The Bertz CT molecular complexity index is 749. The van der Waals surface area contributed by atoms with Gasteiger partial charge in [0.05, 0.1) is 12.7 Å². The lowest BCUT2D eigenvalue weighted by molar-refractivity contribution is 0.0115. The Balaban J connectivity index is 2.08. The normalized spacial score (nSPS) is 13.6. The van der Waals surface area contributed by atoms with Crippen molar-refractivity contribution in [1.82, 2.24) is 9.47 Å². The van der Waals surface area contributed by atoms with E-state index in [4.69, 9.17) is 11.2 Å². The molecule has 28 heavy (non-hydrogen) atoms. The maximum Gasteiger partial charge on any atom is 0.123 e. The summed E-state index contributed by atoms with van der Waals surface area (Å²) in [6.45, 7) is 8.85. The molecule has 0 saturated carbocycles. The second-order valence-corrected chi connectivity index (χ2v) is 7.54. The number of hydrogen-bond acceptors (Lipinski definition) is 3. The maximum atomic E-state index is 13.2. The van der Waals surface area contributed by atoms with Gasteiger partial charge in [-0.3, -0.25) is 4.90 Å². The highest BCUT2D eigenvalue weighted by Crippen LogP contribution is 2.17. The molecule has 0 radical (unpaired) electrons. The van der Waals surface area contributed by atoms with Crippen LogP contribution in [0.5, 0.6) is 0 Å². The summed E-state index contributed by atoms with van der Waals surface area (Å²) in [5.41, 5.74) is 2.19. The summed E-state index contributed by atoms with van der Waals surface area (Å²) in [5, 5.41) is 10.4. The van der Waals surface area contributed by atoms with Crippen LogP contribution in [0, 0.1) is 24.1 Å². The predicted octanol–water partition coefficient (Wildman–Crippen LogP) is 3.53. The maximum absolute atomic E-state index is 13.2. The van der Waals surface area contributed by atoms with Gasteiger partial charge in [-0.15, -0.1) is 6.42 Å². The lowest BCUT2D eigenvalue weighted by Crippen LogP contribution is -2.42. The average molecular weight is 387 g/mol. The highest BCUT2D eigenvalue weighted by Gasteiger charge is 2.21. The Morgan fingerprint density at radius 3 is 2.57 bits per heavy atom. The van der Waals surface area contributed by atoms with Gasteiger partial charge >= 0.3 is 0 Å². The molecule has 2 aromatic rings. The fourth-order valence-electron chi connectivity index (χ4n) is 3.12. The molecule has 1 aromatic heterocycles. The van der Waals surface area contributed by atoms with Crippen LogP contribution in [0.25, 0.3) is 0 Å². The van der Waals surface area contributed by atoms with Gasteiger partial charge in [0.1, 0.15) is 12.4 Å². The third-order valence-electron chi connectivity index (χ3n) is 5.04. The molecule has 1 heterocycles. The van der Waals surface area contributed by atoms with E-state index in [0.29, 0.717) is 25.6 Å². The molecule has 5 heteroatoms. The largest absolute Gasteiger partial charge is 0.389 e. The fourth-order valence-corrected chi connectivity index (χ4v) is 3.12. The van der Waals surface area contributed by atoms with E-state index in [1.54, 1.807) is 12.1 Å². The van der Waals surface area contributed by atoms with Crippen LogP contribution in [-0.4, -0.2) is 46.5 Å². The van der Waals surface area contributed by atoms with Crippen molar-refractivity contribution in [2.24, 2.45) is 5.92 Å². The van der Waals surface area contributed by atoms with E-state index >= 15 is 0 Å². The molecule has 0 unspecified atom stereocenters. The number of aromatic nitrogens is 1. The summed E-state index contributed by atoms with van der Waals surface area (Å²) >= 11 is 0. The van der Waals surface area contributed by atoms with Gasteiger partial charge in [-0.2, -0.15) is 0 Å². The first-order valence-electron chi connectivity index (χ1n) is 9.72. The standard InChI is InChI=1S/C23H31FN2O2/c1-5-13-28-17-23(27)16-26(19(4)18(2)3)15-22-7-6-12-25(22)14-20-8-10-21(24)11-9-20/h1,6-12,18-19,23,27H,13-17H2,2-4H3/t19-,23-/m1/s1. The molecule has 0 aliphatic rings. The highest BCUT2D eigenvalue weighted by molar-refractivity contribution is 5.18. The third kappa shape index (κ3) is 6.79. The number of aliphatic hydroxyl groups excluding tert-OH is 1. The van der Waals surface area contributed by atoms with Crippen molar-refractivity contribution in [3.63, 3.8) is 0 Å². The van der Waals surface area contributed by atoms with Crippen LogP contribution in [0.1, 0.15) is 32.0 Å². The minimum Gasteiger partial charge on any atom is -0.389 e. The minimum atomic E-state index is -0.602. The summed E-state index contributed by atoms with van der Waals surface area (Å²) in [4.78, 5) is 2.27. The first-order chi connectivity index (χ1) is 13.4. The molecule has 0 saturated heterocycles. The van der Waals surface area contributed by atoms with E-state index in [1.807, 2.05) is 12.3 Å². The summed E-state index contributed by atoms with van der Waals surface area (Å²) in [5.74, 6) is 2.63. The average Bonchev–Trinajstić information content (AvgIpc) is 3.09. The molecule has 0 fully saturated rings. The molecule has 1 N–H and O–H groups in total. The van der Waals surface area contributed by atoms with Crippen molar-refractivity contribution in [2.75, 3.05) is 19.8 Å². The van der Waals surface area contributed by atoms with Crippen LogP contribution in [-0.2, 0) is 17.8 Å². The van der Waals surface area contributed by atoms with Gasteiger partial charge in [0.25, 0.3) is 0 Å². The van der Waals surface area contributed by atoms with Gasteiger partial charge in [0.15, 0.2) is 0 Å². The SMILES string of the molecule is C#CCOC[C@H](O)CN(Cc1cccn1Cc1ccc(F)cc1)[C@H](C)C(C)C. The van der Waals surface area contributed by atoms with E-state index in [-0.39, 0.29) is 25.1 Å². The Morgan fingerprint density at radius 1 is 1.21 bits per heavy atom. The van der Waals surface area contributed by atoms with Crippen LogP contribution in [0.3, 0.4) is 0 Å². The van der Waals surface area contributed by atoms with Crippen molar-refractivity contribution in [2.45, 2.75) is 46.0 Å². The minimum absolute atomic E-state index is 0.206. The van der Waals surface area contributed by atoms with Crippen LogP contribution < -0.4 is 0 Å². The first kappa shape index (κ1) is 22.2. The molecule has 1 aromatic carbocycles. The highest BCUT2D eigenvalue weighted by atomic mass is 19.1. The number of ether oxygens (including phenoxy) is 1. The number of terminal acetylenes is 1. The van der Waals surface area contributed by atoms with Crippen molar-refractivity contribution < 1.29 is 14.2 Å². The summed E-state index contributed by atoms with van der Waals surface area (Å²) in [7, 11) is 0. The van der Waals surface area contributed by atoms with Crippen molar-refractivity contribution in [1.29, 1.82) is 0 Å². The van der Waals surface area contributed by atoms with E-state index in [9.17, 15) is 9.50 Å². The Morgan fingerprint density at radius 2 is 1.93 bits per heavy atom. The number of rotatable bonds is 11. The number of hydrogen-bond donors (Lipinski definition) is 1. The van der Waals surface area contributed by atoms with E-state index in [0.717, 1.165) is 11.3 Å². The molecule has 0 spiro atoms. The molecule has 2 atom stereocenters. The quantitative estimate of drug-likeness (QED) is 0.474. The molecule has 152 valence electrons. The van der Waals surface area contributed by atoms with Crippen molar-refractivity contribution >= 4 is 0 Å². The number of halogens is 1. The third-order valence-corrected chi connectivity index (χ3v) is 5.04. The number of aliphatic hydroxyl groups is 1. The molecular formula is C23H31FN2O2. The zero-order chi connectivity index (χ0) is 20.5. The molecule has 4 nitrogen and oxygen atoms in total. The zero-order valence-electron chi connectivity index (χ0n) is 17.0. The van der Waals surface area contributed by atoms with Crippen LogP contribution in [0.4, 0.5) is 4.39 Å². The van der Waals surface area contributed by atoms with Crippen LogP contribution >= 0.6 is 0 Å². The molecule has 0 bridgehead atoms. The van der Waals surface area contributed by atoms with Crippen molar-refractivity contribution in [3.05, 3.63) is 59.7 Å². The Kier molecular flexibility index (Phi) is 8.72. The fraction of sp³-hybridized carbons (Fsp3) is 0.478. The van der Waals surface area contributed by atoms with E-state index < -0.39 is 6.10 Å². The summed E-state index contributed by atoms with van der Waals surface area (Å²) in [6, 6.07) is 11.0. The van der Waals surface area contributed by atoms with Gasteiger partial charge in [0.2, 0.25) is 0 Å². The molecule has 0 amide bonds. The van der Waals surface area contributed by atoms with Gasteiger partial charge in [-0.05, 0) is 42.7 Å². The van der Waals surface area contributed by atoms with E-state index in [1.165, 1.54) is 12.1 Å². The molecule has 0 aliphatic heterocycles. The number of nitrogens with zero attached hydrogens (tertiary/aromatic N) is 2. The second kappa shape index (κ2) is 11.0. The number of benzene rings is 1. The topological polar surface area (TPSA) is 37.6 Å². The van der Waals surface area contributed by atoms with Gasteiger partial charge < -0.3 is 14.4 Å². The lowest BCUT2D eigenvalue weighted by Gasteiger charge is -2.33. The smallest absolute Gasteiger partial charge is 0.123 e.